The second-order valence-electron chi connectivity index (χ2n) is 4.96. The fraction of sp³-hybridized carbons (Fsp3) is 0.500. The summed E-state index contributed by atoms with van der Waals surface area (Å²) < 4.78 is 10.9. The molecule has 0 spiro atoms. The number of hydrogen-bond acceptors (Lipinski definition) is 5. The molecule has 3 N–H and O–H groups in total. The Bertz CT molecular complexity index is 492. The summed E-state index contributed by atoms with van der Waals surface area (Å²) in [7, 11) is 3.36. The summed E-state index contributed by atoms with van der Waals surface area (Å²) in [5.74, 6) is 0.110. The second kappa shape index (κ2) is 6.11. The van der Waals surface area contributed by atoms with Crippen LogP contribution in [0.25, 0.3) is 0 Å². The molecule has 1 aliphatic heterocycles. The number of anilines is 1. The van der Waals surface area contributed by atoms with Crippen molar-refractivity contribution in [2.45, 2.75) is 19.1 Å². The standard InChI is InChI=1S/C14H21N3O3/c1-9-4-5-11(10(6-9)14(15)16-18)17-7-12(19-2)13(8-17)20-3/h4-6,12-13,18H,7-8H2,1-3H3,(H2,15,16). The van der Waals surface area contributed by atoms with E-state index in [-0.39, 0.29) is 18.0 Å². The molecule has 6 heteroatoms. The van der Waals surface area contributed by atoms with Crippen LogP contribution in [-0.2, 0) is 9.47 Å². The molecule has 1 aliphatic rings. The summed E-state index contributed by atoms with van der Waals surface area (Å²) in [6.45, 7) is 3.39. The first-order valence-electron chi connectivity index (χ1n) is 6.49. The summed E-state index contributed by atoms with van der Waals surface area (Å²) in [6.07, 6.45) is 0.0304. The van der Waals surface area contributed by atoms with Crippen LogP contribution in [0.2, 0.25) is 0 Å². The number of aryl methyl sites for hydroxylation is 1. The molecule has 1 heterocycles. The first-order chi connectivity index (χ1) is 9.60. The van der Waals surface area contributed by atoms with E-state index in [2.05, 4.69) is 10.1 Å². The van der Waals surface area contributed by atoms with Crippen molar-refractivity contribution in [2.75, 3.05) is 32.2 Å². The number of hydrogen-bond donors (Lipinski definition) is 2. The smallest absolute Gasteiger partial charge is 0.172 e. The SMILES string of the molecule is COC1CN(c2ccc(C)cc2/C(N)=N/O)CC1OC. The highest BCUT2D eigenvalue weighted by atomic mass is 16.5. The van der Waals surface area contributed by atoms with Gasteiger partial charge in [-0.05, 0) is 19.1 Å². The van der Waals surface area contributed by atoms with Crippen LogP contribution in [0.1, 0.15) is 11.1 Å². The Morgan fingerprint density at radius 2 is 1.90 bits per heavy atom. The predicted molar refractivity (Wildman–Crippen MR) is 77.5 cm³/mol. The van der Waals surface area contributed by atoms with Crippen molar-refractivity contribution < 1.29 is 14.7 Å². The zero-order valence-corrected chi connectivity index (χ0v) is 12.0. The molecule has 2 atom stereocenters. The summed E-state index contributed by atoms with van der Waals surface area (Å²) in [5.41, 5.74) is 8.48. The molecule has 0 bridgehead atoms. The lowest BCUT2D eigenvalue weighted by Crippen LogP contribution is -2.27. The average molecular weight is 279 g/mol. The third-order valence-corrected chi connectivity index (χ3v) is 3.70. The Labute approximate surface area is 118 Å². The van der Waals surface area contributed by atoms with Crippen molar-refractivity contribution in [3.63, 3.8) is 0 Å². The third-order valence-electron chi connectivity index (χ3n) is 3.70. The van der Waals surface area contributed by atoms with E-state index in [1.807, 2.05) is 25.1 Å². The lowest BCUT2D eigenvalue weighted by molar-refractivity contribution is -0.00461. The molecule has 110 valence electrons. The number of ether oxygens (including phenoxy) is 2. The first-order valence-corrected chi connectivity index (χ1v) is 6.49. The number of nitrogens with zero attached hydrogens (tertiary/aromatic N) is 2. The minimum absolute atomic E-state index is 0.0152. The Hall–Kier alpha value is -1.79. The molecule has 0 saturated carbocycles. The molecule has 2 rings (SSSR count). The minimum atomic E-state index is 0.0152. The molecule has 0 radical (unpaired) electrons. The van der Waals surface area contributed by atoms with Crippen LogP contribution < -0.4 is 10.6 Å². The number of amidine groups is 1. The van der Waals surface area contributed by atoms with Gasteiger partial charge in [0.1, 0.15) is 12.2 Å². The summed E-state index contributed by atoms with van der Waals surface area (Å²) in [6, 6.07) is 5.89. The molecular weight excluding hydrogens is 258 g/mol. The minimum Gasteiger partial charge on any atom is -0.409 e. The molecular formula is C14H21N3O3. The van der Waals surface area contributed by atoms with Crippen LogP contribution in [0, 0.1) is 6.92 Å². The monoisotopic (exact) mass is 279 g/mol. The second-order valence-corrected chi connectivity index (χ2v) is 4.96. The highest BCUT2D eigenvalue weighted by Gasteiger charge is 2.34. The molecule has 1 aromatic carbocycles. The Morgan fingerprint density at radius 1 is 1.30 bits per heavy atom. The normalized spacial score (nSPS) is 23.4. The first kappa shape index (κ1) is 14.6. The number of oxime groups is 1. The summed E-state index contributed by atoms with van der Waals surface area (Å²) in [4.78, 5) is 2.13. The molecule has 2 unspecified atom stereocenters. The van der Waals surface area contributed by atoms with Gasteiger partial charge in [-0.3, -0.25) is 0 Å². The molecule has 6 nitrogen and oxygen atoms in total. The van der Waals surface area contributed by atoms with Gasteiger partial charge in [0.25, 0.3) is 0 Å². The summed E-state index contributed by atoms with van der Waals surface area (Å²) in [5, 5.41) is 12.1. The Balaban J connectivity index is 2.34. The van der Waals surface area contributed by atoms with Gasteiger partial charge in [0.15, 0.2) is 5.84 Å². The van der Waals surface area contributed by atoms with E-state index >= 15 is 0 Å². The van der Waals surface area contributed by atoms with Crippen molar-refractivity contribution in [3.05, 3.63) is 29.3 Å². The van der Waals surface area contributed by atoms with Crippen LogP contribution in [0.15, 0.2) is 23.4 Å². The van der Waals surface area contributed by atoms with Gasteiger partial charge >= 0.3 is 0 Å². The van der Waals surface area contributed by atoms with E-state index in [0.29, 0.717) is 13.1 Å². The van der Waals surface area contributed by atoms with Gasteiger partial charge in [-0.15, -0.1) is 0 Å². The van der Waals surface area contributed by atoms with E-state index < -0.39 is 0 Å². The highest BCUT2D eigenvalue weighted by molar-refractivity contribution is 6.02. The van der Waals surface area contributed by atoms with E-state index in [9.17, 15) is 0 Å². The zero-order chi connectivity index (χ0) is 14.7. The lowest BCUT2D eigenvalue weighted by Gasteiger charge is -2.21. The highest BCUT2D eigenvalue weighted by Crippen LogP contribution is 2.27. The van der Waals surface area contributed by atoms with Gasteiger partial charge < -0.3 is 25.3 Å². The van der Waals surface area contributed by atoms with Gasteiger partial charge in [0, 0.05) is 38.6 Å². The Morgan fingerprint density at radius 3 is 2.40 bits per heavy atom. The Kier molecular flexibility index (Phi) is 4.46. The van der Waals surface area contributed by atoms with E-state index in [4.69, 9.17) is 20.4 Å². The maximum Gasteiger partial charge on any atom is 0.172 e. The molecule has 20 heavy (non-hydrogen) atoms. The van der Waals surface area contributed by atoms with Crippen LogP contribution in [0.4, 0.5) is 5.69 Å². The van der Waals surface area contributed by atoms with Gasteiger partial charge in [-0.1, -0.05) is 16.8 Å². The number of benzene rings is 1. The van der Waals surface area contributed by atoms with Crippen LogP contribution in [0.3, 0.4) is 0 Å². The van der Waals surface area contributed by atoms with Gasteiger partial charge in [-0.25, -0.2) is 0 Å². The van der Waals surface area contributed by atoms with E-state index in [0.717, 1.165) is 16.8 Å². The van der Waals surface area contributed by atoms with Gasteiger partial charge in [0.2, 0.25) is 0 Å². The van der Waals surface area contributed by atoms with Gasteiger partial charge in [0.05, 0.1) is 0 Å². The molecule has 1 fully saturated rings. The van der Waals surface area contributed by atoms with Crippen molar-refractivity contribution >= 4 is 11.5 Å². The van der Waals surface area contributed by atoms with Crippen LogP contribution in [-0.4, -0.2) is 50.6 Å². The summed E-state index contributed by atoms with van der Waals surface area (Å²) >= 11 is 0. The van der Waals surface area contributed by atoms with E-state index in [1.165, 1.54) is 0 Å². The average Bonchev–Trinajstić information content (AvgIpc) is 2.89. The van der Waals surface area contributed by atoms with Crippen LogP contribution in [0.5, 0.6) is 0 Å². The molecule has 0 aliphatic carbocycles. The lowest BCUT2D eigenvalue weighted by atomic mass is 10.1. The van der Waals surface area contributed by atoms with Crippen molar-refractivity contribution in [1.29, 1.82) is 0 Å². The van der Waals surface area contributed by atoms with Crippen molar-refractivity contribution in [3.8, 4) is 0 Å². The molecule has 0 amide bonds. The number of rotatable bonds is 4. The fourth-order valence-corrected chi connectivity index (χ4v) is 2.58. The maximum atomic E-state index is 8.94. The quantitative estimate of drug-likeness (QED) is 0.371. The van der Waals surface area contributed by atoms with Crippen molar-refractivity contribution in [2.24, 2.45) is 10.9 Å². The van der Waals surface area contributed by atoms with Gasteiger partial charge in [-0.2, -0.15) is 0 Å². The topological polar surface area (TPSA) is 80.3 Å². The molecule has 1 aromatic rings. The third kappa shape index (κ3) is 2.71. The fourth-order valence-electron chi connectivity index (χ4n) is 2.58. The molecule has 1 saturated heterocycles. The largest absolute Gasteiger partial charge is 0.409 e. The zero-order valence-electron chi connectivity index (χ0n) is 12.0. The number of methoxy groups -OCH3 is 2. The van der Waals surface area contributed by atoms with Crippen LogP contribution >= 0.6 is 0 Å². The van der Waals surface area contributed by atoms with Crippen molar-refractivity contribution in [1.82, 2.24) is 0 Å². The predicted octanol–water partition coefficient (Wildman–Crippen LogP) is 0.940. The number of nitrogens with two attached hydrogens (primary N) is 1. The van der Waals surface area contributed by atoms with E-state index in [1.54, 1.807) is 14.2 Å². The maximum absolute atomic E-state index is 8.94. The molecule has 0 aromatic heterocycles.